The Morgan fingerprint density at radius 1 is 1.38 bits per heavy atom. The standard InChI is InChI=1S/C20H28ClN3O4Si/c1-12-15(8-7-13(10-22)17(12)21)23-19(27)24-11-14(9-16(24)18(25)26)28-29(5,6)20(2,3)4/h7-8,14,16H,9,11H2,1-6H3,(H,23,27)(H,25,26)/t14-,16+/m1/s1. The Balaban J connectivity index is 2.20. The van der Waals surface area contributed by atoms with E-state index < -0.39 is 26.4 Å². The third-order valence-electron chi connectivity index (χ3n) is 5.82. The van der Waals surface area contributed by atoms with E-state index in [-0.39, 0.29) is 29.1 Å². The molecular weight excluding hydrogens is 410 g/mol. The number of carbonyl (C=O) groups excluding carboxylic acids is 1. The van der Waals surface area contributed by atoms with Crippen molar-refractivity contribution >= 4 is 37.6 Å². The molecule has 7 nitrogen and oxygen atoms in total. The molecule has 1 saturated heterocycles. The molecule has 0 spiro atoms. The van der Waals surface area contributed by atoms with Gasteiger partial charge in [-0.3, -0.25) is 0 Å². The number of anilines is 1. The summed E-state index contributed by atoms with van der Waals surface area (Å²) in [4.78, 5) is 25.9. The molecule has 2 amide bonds. The molecule has 0 aliphatic carbocycles. The van der Waals surface area contributed by atoms with Crippen LogP contribution >= 0.6 is 11.6 Å². The minimum Gasteiger partial charge on any atom is -0.480 e. The minimum absolute atomic E-state index is 0.0161. The average molecular weight is 438 g/mol. The fraction of sp³-hybridized carbons (Fsp3) is 0.550. The van der Waals surface area contributed by atoms with Crippen LogP contribution < -0.4 is 5.32 Å². The molecular formula is C20H28ClN3O4Si. The third kappa shape index (κ3) is 4.92. The normalized spacial score (nSPS) is 19.7. The lowest BCUT2D eigenvalue weighted by Gasteiger charge is -2.38. The zero-order valence-corrected chi connectivity index (χ0v) is 19.4. The number of aliphatic carboxylic acids is 1. The van der Waals surface area contributed by atoms with E-state index in [4.69, 9.17) is 21.3 Å². The molecule has 1 aromatic rings. The molecule has 1 fully saturated rings. The van der Waals surface area contributed by atoms with Crippen LogP contribution in [0.15, 0.2) is 12.1 Å². The Hall–Kier alpha value is -2.08. The van der Waals surface area contributed by atoms with E-state index in [1.54, 1.807) is 13.0 Å². The lowest BCUT2D eigenvalue weighted by atomic mass is 10.1. The molecule has 1 aliphatic heterocycles. The minimum atomic E-state index is -2.10. The van der Waals surface area contributed by atoms with Gasteiger partial charge in [-0.15, -0.1) is 0 Å². The molecule has 0 unspecified atom stereocenters. The summed E-state index contributed by atoms with van der Waals surface area (Å²) in [5.41, 5.74) is 1.31. The summed E-state index contributed by atoms with van der Waals surface area (Å²) in [7, 11) is -2.10. The first-order valence-electron chi connectivity index (χ1n) is 9.46. The van der Waals surface area contributed by atoms with Crippen LogP contribution in [-0.2, 0) is 9.22 Å². The maximum atomic E-state index is 12.9. The SMILES string of the molecule is Cc1c(NC(=O)N2C[C@H](O[Si](C)(C)C(C)(C)C)C[C@H]2C(=O)O)ccc(C#N)c1Cl. The Morgan fingerprint density at radius 3 is 2.52 bits per heavy atom. The number of rotatable bonds is 4. The Labute approximate surface area is 177 Å². The van der Waals surface area contributed by atoms with E-state index in [0.29, 0.717) is 16.8 Å². The van der Waals surface area contributed by atoms with Crippen molar-refractivity contribution in [3.8, 4) is 6.07 Å². The molecule has 2 atom stereocenters. The number of carboxylic acid groups (broad SMARTS) is 1. The van der Waals surface area contributed by atoms with Gasteiger partial charge in [-0.1, -0.05) is 32.4 Å². The van der Waals surface area contributed by atoms with Crippen LogP contribution in [0.25, 0.3) is 0 Å². The van der Waals surface area contributed by atoms with Crippen LogP contribution in [0.2, 0.25) is 23.2 Å². The molecule has 2 rings (SSSR count). The van der Waals surface area contributed by atoms with Crippen LogP contribution in [0.5, 0.6) is 0 Å². The summed E-state index contributed by atoms with van der Waals surface area (Å²) in [5, 5.41) is 21.7. The average Bonchev–Trinajstić information content (AvgIpc) is 3.01. The second-order valence-corrected chi connectivity index (χ2v) is 14.0. The van der Waals surface area contributed by atoms with Crippen molar-refractivity contribution in [2.75, 3.05) is 11.9 Å². The maximum absolute atomic E-state index is 12.9. The summed E-state index contributed by atoms with van der Waals surface area (Å²) in [5.74, 6) is -1.06. The van der Waals surface area contributed by atoms with Gasteiger partial charge in [0.25, 0.3) is 0 Å². The van der Waals surface area contributed by atoms with Crippen molar-refractivity contribution < 1.29 is 19.1 Å². The first-order chi connectivity index (χ1) is 13.3. The van der Waals surface area contributed by atoms with E-state index >= 15 is 0 Å². The molecule has 1 heterocycles. The highest BCUT2D eigenvalue weighted by Gasteiger charge is 2.45. The molecule has 29 heavy (non-hydrogen) atoms. The first-order valence-corrected chi connectivity index (χ1v) is 12.7. The topological polar surface area (TPSA) is 103 Å². The number of amides is 2. The molecule has 0 saturated carbocycles. The highest BCUT2D eigenvalue weighted by Crippen LogP contribution is 2.39. The summed E-state index contributed by atoms with van der Waals surface area (Å²) >= 11 is 6.16. The van der Waals surface area contributed by atoms with Crippen molar-refractivity contribution in [1.29, 1.82) is 5.26 Å². The highest BCUT2D eigenvalue weighted by molar-refractivity contribution is 6.74. The summed E-state index contributed by atoms with van der Waals surface area (Å²) in [6.07, 6.45) is -0.0732. The lowest BCUT2D eigenvalue weighted by molar-refractivity contribution is -0.141. The smallest absolute Gasteiger partial charge is 0.326 e. The Bertz CT molecular complexity index is 861. The summed E-state index contributed by atoms with van der Waals surface area (Å²) in [6.45, 7) is 12.5. The van der Waals surface area contributed by atoms with E-state index in [0.717, 1.165) is 0 Å². The second-order valence-electron chi connectivity index (χ2n) is 8.88. The van der Waals surface area contributed by atoms with Gasteiger partial charge in [-0.05, 0) is 42.8 Å². The predicted octanol–water partition coefficient (Wildman–Crippen LogP) is 4.60. The number of nitrogens with zero attached hydrogens (tertiary/aromatic N) is 2. The summed E-state index contributed by atoms with van der Waals surface area (Å²) in [6, 6.07) is 3.61. The number of urea groups is 1. The fourth-order valence-electron chi connectivity index (χ4n) is 3.03. The van der Waals surface area contributed by atoms with Crippen molar-refractivity contribution in [1.82, 2.24) is 4.90 Å². The van der Waals surface area contributed by atoms with Gasteiger partial charge < -0.3 is 19.7 Å². The number of nitriles is 1. The fourth-order valence-corrected chi connectivity index (χ4v) is 4.59. The number of likely N-dealkylation sites (tertiary alicyclic amines) is 1. The van der Waals surface area contributed by atoms with Crippen molar-refractivity contribution in [3.05, 3.63) is 28.3 Å². The van der Waals surface area contributed by atoms with Crippen LogP contribution in [-0.4, -0.2) is 49.0 Å². The third-order valence-corrected chi connectivity index (χ3v) is 10.8. The largest absolute Gasteiger partial charge is 0.480 e. The number of carbonyl (C=O) groups is 2. The zero-order chi connectivity index (χ0) is 22.1. The van der Waals surface area contributed by atoms with Gasteiger partial charge in [0.15, 0.2) is 8.32 Å². The van der Waals surface area contributed by atoms with Gasteiger partial charge in [0.1, 0.15) is 12.1 Å². The van der Waals surface area contributed by atoms with Gasteiger partial charge in [0.2, 0.25) is 0 Å². The van der Waals surface area contributed by atoms with Crippen molar-refractivity contribution in [3.63, 3.8) is 0 Å². The number of halogens is 1. The zero-order valence-electron chi connectivity index (χ0n) is 17.7. The van der Waals surface area contributed by atoms with Crippen LogP contribution in [0.1, 0.15) is 38.3 Å². The number of hydrogen-bond acceptors (Lipinski definition) is 4. The number of carboxylic acids is 1. The molecule has 1 aliphatic rings. The molecule has 0 bridgehead atoms. The second kappa shape index (κ2) is 8.34. The van der Waals surface area contributed by atoms with Gasteiger partial charge in [-0.2, -0.15) is 5.26 Å². The Morgan fingerprint density at radius 2 is 2.00 bits per heavy atom. The monoisotopic (exact) mass is 437 g/mol. The van der Waals surface area contributed by atoms with Gasteiger partial charge in [0.05, 0.1) is 16.7 Å². The molecule has 2 N–H and O–H groups in total. The van der Waals surface area contributed by atoms with E-state index in [9.17, 15) is 14.7 Å². The summed E-state index contributed by atoms with van der Waals surface area (Å²) < 4.78 is 6.34. The van der Waals surface area contributed by atoms with Crippen molar-refractivity contribution in [2.24, 2.45) is 0 Å². The molecule has 9 heteroatoms. The van der Waals surface area contributed by atoms with E-state index in [1.807, 2.05) is 6.07 Å². The van der Waals surface area contributed by atoms with Crippen LogP contribution in [0.4, 0.5) is 10.5 Å². The molecule has 1 aromatic carbocycles. The van der Waals surface area contributed by atoms with Gasteiger partial charge in [0, 0.05) is 18.7 Å². The number of hydrogen-bond donors (Lipinski definition) is 2. The molecule has 158 valence electrons. The van der Waals surface area contributed by atoms with Gasteiger partial charge >= 0.3 is 12.0 Å². The van der Waals surface area contributed by atoms with Crippen LogP contribution in [0.3, 0.4) is 0 Å². The van der Waals surface area contributed by atoms with Gasteiger partial charge in [-0.25, -0.2) is 9.59 Å². The predicted molar refractivity (Wildman–Crippen MR) is 115 cm³/mol. The van der Waals surface area contributed by atoms with Crippen molar-refractivity contribution in [2.45, 2.75) is 64.4 Å². The van der Waals surface area contributed by atoms with Crippen LogP contribution in [0, 0.1) is 18.3 Å². The lowest BCUT2D eigenvalue weighted by Crippen LogP contribution is -2.45. The van der Waals surface area contributed by atoms with E-state index in [2.05, 4.69) is 39.2 Å². The number of benzene rings is 1. The first kappa shape index (κ1) is 23.2. The molecule has 0 radical (unpaired) electrons. The quantitative estimate of drug-likeness (QED) is 0.670. The molecule has 0 aromatic heterocycles. The number of nitrogens with one attached hydrogen (secondary N) is 1. The highest BCUT2D eigenvalue weighted by atomic mass is 35.5. The maximum Gasteiger partial charge on any atom is 0.326 e. The van der Waals surface area contributed by atoms with E-state index in [1.165, 1.54) is 11.0 Å². The Kier molecular flexibility index (Phi) is 6.67.